The van der Waals surface area contributed by atoms with E-state index in [-0.39, 0.29) is 32.9 Å². The lowest BCUT2D eigenvalue weighted by molar-refractivity contribution is 0.112. The fourth-order valence-corrected chi connectivity index (χ4v) is 3.16. The Bertz CT molecular complexity index is 1180. The summed E-state index contributed by atoms with van der Waals surface area (Å²) < 4.78 is 25.7. The Balaban J connectivity index is 1.93. The van der Waals surface area contributed by atoms with Crippen molar-refractivity contribution in [2.24, 2.45) is 0 Å². The third-order valence-corrected chi connectivity index (χ3v) is 4.58. The van der Waals surface area contributed by atoms with Crippen LogP contribution in [0, 0.1) is 5.82 Å². The molecule has 0 fully saturated rings. The first-order chi connectivity index (χ1) is 14.6. The summed E-state index contributed by atoms with van der Waals surface area (Å²) in [5.41, 5.74) is -1.41. The Morgan fingerprint density at radius 2 is 2.03 bits per heavy atom. The van der Waals surface area contributed by atoms with Gasteiger partial charge in [0.2, 0.25) is 0 Å². The van der Waals surface area contributed by atoms with Crippen LogP contribution in [-0.2, 0) is 0 Å². The number of nitrogens with one attached hydrogen (secondary N) is 2. The zero-order chi connectivity index (χ0) is 22.8. The number of methoxy groups -OCH3 is 1. The highest BCUT2D eigenvalue weighted by molar-refractivity contribution is 7.80. The number of rotatable bonds is 6. The zero-order valence-corrected chi connectivity index (χ0v) is 17.6. The van der Waals surface area contributed by atoms with Gasteiger partial charge in [-0.3, -0.25) is 9.78 Å². The van der Waals surface area contributed by atoms with Crippen LogP contribution in [-0.4, -0.2) is 49.8 Å². The maximum Gasteiger partial charge on any atom is 0.186 e. The van der Waals surface area contributed by atoms with E-state index in [0.29, 0.717) is 22.9 Å². The third kappa shape index (κ3) is 5.25. The third-order valence-electron chi connectivity index (χ3n) is 4.01. The minimum Gasteiger partial charge on any atom is -0.496 e. The van der Waals surface area contributed by atoms with Crippen LogP contribution in [0.2, 0.25) is 5.02 Å². The number of carbonyl (C=O) groups is 1. The van der Waals surface area contributed by atoms with Crippen molar-refractivity contribution in [3.63, 3.8) is 0 Å². The Hall–Kier alpha value is -2.88. The predicted octanol–water partition coefficient (Wildman–Crippen LogP) is 2.87. The SMILES string of the molecule is [B]C([B])(O)NC(=S)Nc1ccc(Oc2ccnc3cc(OC)c(C=O)cc23)c(F)c1Cl. The molecule has 12 heteroatoms. The highest BCUT2D eigenvalue weighted by Gasteiger charge is 2.18. The number of carbonyl (C=O) groups excluding carboxylic acids is 1. The quantitative estimate of drug-likeness (QED) is 0.226. The second-order valence-electron chi connectivity index (χ2n) is 6.28. The fourth-order valence-electron chi connectivity index (χ4n) is 2.68. The molecule has 0 aliphatic rings. The van der Waals surface area contributed by atoms with Crippen LogP contribution in [0.15, 0.2) is 36.5 Å². The molecule has 0 unspecified atom stereocenters. The molecule has 2 aromatic carbocycles. The average Bonchev–Trinajstić information content (AvgIpc) is 2.71. The highest BCUT2D eigenvalue weighted by Crippen LogP contribution is 2.37. The molecular weight excluding hydrogens is 442 g/mol. The zero-order valence-electron chi connectivity index (χ0n) is 16.0. The number of fused-ring (bicyclic) bond motifs is 1. The molecular formula is C19H13B2ClFN3O4S. The average molecular weight is 455 g/mol. The maximum atomic E-state index is 14.8. The molecule has 1 heterocycles. The van der Waals surface area contributed by atoms with Crippen LogP contribution >= 0.6 is 23.8 Å². The van der Waals surface area contributed by atoms with Gasteiger partial charge in [-0.25, -0.2) is 4.39 Å². The van der Waals surface area contributed by atoms with E-state index >= 15 is 0 Å². The van der Waals surface area contributed by atoms with Gasteiger partial charge >= 0.3 is 0 Å². The predicted molar refractivity (Wildman–Crippen MR) is 121 cm³/mol. The van der Waals surface area contributed by atoms with Crippen molar-refractivity contribution in [1.82, 2.24) is 10.3 Å². The number of halogens is 2. The second kappa shape index (κ2) is 9.09. The van der Waals surface area contributed by atoms with Crippen LogP contribution in [0.5, 0.6) is 17.2 Å². The lowest BCUT2D eigenvalue weighted by Gasteiger charge is -2.23. The molecule has 7 nitrogen and oxygen atoms in total. The first-order valence-corrected chi connectivity index (χ1v) is 9.38. The van der Waals surface area contributed by atoms with Gasteiger partial charge in [-0.05, 0) is 36.5 Å². The summed E-state index contributed by atoms with van der Waals surface area (Å²) >= 11 is 11.0. The van der Waals surface area contributed by atoms with Crippen LogP contribution < -0.4 is 20.1 Å². The largest absolute Gasteiger partial charge is 0.496 e. The Kier molecular flexibility index (Phi) is 6.68. The number of hydrogen-bond acceptors (Lipinski definition) is 6. The van der Waals surface area contributed by atoms with Gasteiger partial charge in [0.15, 0.2) is 23.0 Å². The summed E-state index contributed by atoms with van der Waals surface area (Å²) in [4.78, 5) is 15.6. The van der Waals surface area contributed by atoms with Gasteiger partial charge in [-0.2, -0.15) is 0 Å². The number of aromatic nitrogens is 1. The molecule has 4 radical (unpaired) electrons. The normalized spacial score (nSPS) is 11.1. The van der Waals surface area contributed by atoms with Gasteiger partial charge in [0.1, 0.15) is 32.2 Å². The lowest BCUT2D eigenvalue weighted by atomic mass is 9.73. The number of nitrogens with zero attached hydrogens (tertiary/aromatic N) is 1. The van der Waals surface area contributed by atoms with Crippen molar-refractivity contribution in [3.8, 4) is 17.2 Å². The molecule has 0 spiro atoms. The van der Waals surface area contributed by atoms with Crippen molar-refractivity contribution in [2.45, 2.75) is 5.52 Å². The smallest absolute Gasteiger partial charge is 0.186 e. The maximum absolute atomic E-state index is 14.8. The van der Waals surface area contributed by atoms with E-state index in [1.807, 2.05) is 0 Å². The molecule has 0 saturated carbocycles. The topological polar surface area (TPSA) is 92.7 Å². The van der Waals surface area contributed by atoms with Crippen LogP contribution in [0.4, 0.5) is 10.1 Å². The van der Waals surface area contributed by atoms with Crippen LogP contribution in [0.1, 0.15) is 10.4 Å². The summed E-state index contributed by atoms with van der Waals surface area (Å²) in [5.74, 6) is -0.456. The highest BCUT2D eigenvalue weighted by atomic mass is 35.5. The number of pyridine rings is 1. The molecule has 154 valence electrons. The van der Waals surface area contributed by atoms with Gasteiger partial charge in [-0.15, -0.1) is 0 Å². The Morgan fingerprint density at radius 3 is 2.68 bits per heavy atom. The molecule has 1 aromatic heterocycles. The fraction of sp³-hybridized carbons (Fsp3) is 0.105. The van der Waals surface area contributed by atoms with Crippen molar-refractivity contribution in [3.05, 3.63) is 52.9 Å². The minimum absolute atomic E-state index is 0.0841. The van der Waals surface area contributed by atoms with E-state index in [4.69, 9.17) is 49.0 Å². The van der Waals surface area contributed by atoms with Crippen molar-refractivity contribution in [2.75, 3.05) is 12.4 Å². The van der Waals surface area contributed by atoms with Gasteiger partial charge < -0.3 is 25.2 Å². The monoisotopic (exact) mass is 455 g/mol. The first-order valence-electron chi connectivity index (χ1n) is 8.60. The number of anilines is 1. The number of benzene rings is 2. The molecule has 0 aliphatic heterocycles. The standard InChI is InChI=1S/C19H13B2ClFN3O4S/c1-29-15-7-12-10(6-9(15)8-27)13(4-5-24-12)30-14-3-2-11(16(22)17(14)23)25-18(31)26-19(20,21)28/h2-8,28H,1H3,(H2,25,26,31). The van der Waals surface area contributed by atoms with E-state index in [1.165, 1.54) is 37.6 Å². The summed E-state index contributed by atoms with van der Waals surface area (Å²) in [7, 11) is 11.8. The number of thiocarbonyl (C=S) groups is 1. The molecule has 0 saturated heterocycles. The van der Waals surface area contributed by atoms with Gasteiger partial charge in [0, 0.05) is 23.2 Å². The molecule has 3 N–H and O–H groups in total. The van der Waals surface area contributed by atoms with E-state index in [2.05, 4.69) is 15.6 Å². The van der Waals surface area contributed by atoms with E-state index in [0.717, 1.165) is 0 Å². The molecule has 0 bridgehead atoms. The first kappa shape index (κ1) is 22.8. The van der Waals surface area contributed by atoms with E-state index in [1.54, 1.807) is 6.07 Å². The van der Waals surface area contributed by atoms with E-state index < -0.39 is 11.3 Å². The molecule has 0 amide bonds. The Morgan fingerprint density at radius 1 is 1.29 bits per heavy atom. The lowest BCUT2D eigenvalue weighted by Crippen LogP contribution is -2.51. The molecule has 0 aliphatic carbocycles. The molecule has 3 rings (SSSR count). The number of aliphatic hydroxyl groups is 1. The van der Waals surface area contributed by atoms with Crippen molar-refractivity contribution < 1.29 is 23.8 Å². The van der Waals surface area contributed by atoms with E-state index in [9.17, 15) is 14.3 Å². The summed E-state index contributed by atoms with van der Waals surface area (Å²) in [6.45, 7) is 0. The molecule has 0 atom stereocenters. The van der Waals surface area contributed by atoms with Crippen LogP contribution in [0.25, 0.3) is 10.9 Å². The van der Waals surface area contributed by atoms with Gasteiger partial charge in [0.05, 0.1) is 23.9 Å². The van der Waals surface area contributed by atoms with Gasteiger partial charge in [0.25, 0.3) is 0 Å². The molecule has 31 heavy (non-hydrogen) atoms. The Labute approximate surface area is 189 Å². The number of hydrogen-bond donors (Lipinski definition) is 3. The number of aldehydes is 1. The van der Waals surface area contributed by atoms with Crippen molar-refractivity contribution >= 4 is 67.5 Å². The van der Waals surface area contributed by atoms with Crippen LogP contribution in [0.3, 0.4) is 0 Å². The summed E-state index contributed by atoms with van der Waals surface area (Å²) in [6, 6.07) is 7.35. The van der Waals surface area contributed by atoms with Gasteiger partial charge in [-0.1, -0.05) is 11.6 Å². The second-order valence-corrected chi connectivity index (χ2v) is 7.07. The molecule has 3 aromatic rings. The number of ether oxygens (including phenoxy) is 2. The van der Waals surface area contributed by atoms with Crippen molar-refractivity contribution in [1.29, 1.82) is 0 Å². The summed E-state index contributed by atoms with van der Waals surface area (Å²) in [5, 5.41) is 14.0. The summed E-state index contributed by atoms with van der Waals surface area (Å²) in [6.07, 6.45) is 2.10. The minimum atomic E-state index is -2.26.